The lowest BCUT2D eigenvalue weighted by molar-refractivity contribution is -0.131. The first-order valence-corrected chi connectivity index (χ1v) is 5.15. The van der Waals surface area contributed by atoms with Crippen LogP contribution in [0.15, 0.2) is 24.4 Å². The Morgan fingerprint density at radius 2 is 2.18 bits per heavy atom. The molecule has 1 aromatic heterocycles. The number of fused-ring (bicyclic) bond motifs is 1. The minimum atomic E-state index is -1.47. The number of hydrogen-bond donors (Lipinski definition) is 2. The number of hydrogen-bond acceptors (Lipinski definition) is 3. The molecule has 2 aromatic rings. The standard InChI is InChI=1S/C12H11NO4/c1-2-17-7-3-4-10-8(5-7)9(6-13-10)11(14)12(15)16/h3-6,13H,2H2,1H3,(H,15,16). The van der Waals surface area contributed by atoms with Gasteiger partial charge in [-0.2, -0.15) is 0 Å². The lowest BCUT2D eigenvalue weighted by Crippen LogP contribution is -2.11. The number of nitrogens with one attached hydrogen (secondary N) is 1. The zero-order valence-corrected chi connectivity index (χ0v) is 9.19. The molecule has 0 saturated carbocycles. The Balaban J connectivity index is 2.53. The predicted molar refractivity (Wildman–Crippen MR) is 61.4 cm³/mol. The average Bonchev–Trinajstić information content (AvgIpc) is 2.71. The SMILES string of the molecule is CCOc1ccc2[nH]cc(C(=O)C(=O)O)c2c1. The largest absolute Gasteiger partial charge is 0.494 e. The summed E-state index contributed by atoms with van der Waals surface area (Å²) in [6, 6.07) is 5.17. The predicted octanol–water partition coefficient (Wildman–Crippen LogP) is 1.83. The first-order chi connectivity index (χ1) is 8.13. The molecule has 1 aromatic carbocycles. The van der Waals surface area contributed by atoms with Crippen LogP contribution in [0.2, 0.25) is 0 Å². The highest BCUT2D eigenvalue weighted by Crippen LogP contribution is 2.24. The third-order valence-corrected chi connectivity index (χ3v) is 2.40. The van der Waals surface area contributed by atoms with Crippen molar-refractivity contribution in [1.82, 2.24) is 4.98 Å². The van der Waals surface area contributed by atoms with Gasteiger partial charge in [0.15, 0.2) is 0 Å². The third-order valence-electron chi connectivity index (χ3n) is 2.40. The molecule has 0 aliphatic carbocycles. The number of ether oxygens (including phenoxy) is 1. The van der Waals surface area contributed by atoms with Crippen molar-refractivity contribution in [3.05, 3.63) is 30.0 Å². The van der Waals surface area contributed by atoms with E-state index in [0.717, 1.165) is 0 Å². The molecule has 0 aliphatic heterocycles. The molecule has 17 heavy (non-hydrogen) atoms. The van der Waals surface area contributed by atoms with Crippen molar-refractivity contribution in [2.24, 2.45) is 0 Å². The number of aliphatic carboxylic acids is 1. The molecule has 0 unspecified atom stereocenters. The molecule has 0 bridgehead atoms. The van der Waals surface area contributed by atoms with Crippen LogP contribution in [0.25, 0.3) is 10.9 Å². The van der Waals surface area contributed by atoms with Gasteiger partial charge in [0.2, 0.25) is 0 Å². The molecule has 0 aliphatic rings. The molecule has 0 amide bonds. The normalized spacial score (nSPS) is 10.4. The second kappa shape index (κ2) is 4.29. The van der Waals surface area contributed by atoms with Gasteiger partial charge in [-0.25, -0.2) is 4.79 Å². The Morgan fingerprint density at radius 3 is 2.82 bits per heavy atom. The monoisotopic (exact) mass is 233 g/mol. The molecule has 0 radical (unpaired) electrons. The molecule has 2 rings (SSSR count). The Kier molecular flexibility index (Phi) is 2.82. The van der Waals surface area contributed by atoms with Gasteiger partial charge in [0, 0.05) is 17.1 Å². The fourth-order valence-corrected chi connectivity index (χ4v) is 1.66. The molecule has 88 valence electrons. The van der Waals surface area contributed by atoms with Gasteiger partial charge < -0.3 is 14.8 Å². The number of carboxylic acids is 1. The summed E-state index contributed by atoms with van der Waals surface area (Å²) in [6.07, 6.45) is 1.40. The van der Waals surface area contributed by atoms with Gasteiger partial charge in [0.25, 0.3) is 5.78 Å². The Bertz CT molecular complexity index is 585. The van der Waals surface area contributed by atoms with Crippen molar-refractivity contribution in [3.63, 3.8) is 0 Å². The van der Waals surface area contributed by atoms with E-state index in [1.165, 1.54) is 6.20 Å². The lowest BCUT2D eigenvalue weighted by Gasteiger charge is -2.02. The summed E-state index contributed by atoms with van der Waals surface area (Å²) in [6.45, 7) is 2.36. The number of carbonyl (C=O) groups is 2. The number of rotatable bonds is 4. The van der Waals surface area contributed by atoms with Gasteiger partial charge in [-0.05, 0) is 25.1 Å². The van der Waals surface area contributed by atoms with Crippen LogP contribution in [0.3, 0.4) is 0 Å². The van der Waals surface area contributed by atoms with Crippen molar-refractivity contribution >= 4 is 22.7 Å². The maximum Gasteiger partial charge on any atom is 0.377 e. The topological polar surface area (TPSA) is 79.4 Å². The van der Waals surface area contributed by atoms with Gasteiger partial charge in [0.1, 0.15) is 5.75 Å². The summed E-state index contributed by atoms with van der Waals surface area (Å²) in [5.74, 6) is -1.78. The zero-order chi connectivity index (χ0) is 12.4. The van der Waals surface area contributed by atoms with E-state index in [4.69, 9.17) is 9.84 Å². The quantitative estimate of drug-likeness (QED) is 0.623. The Labute approximate surface area is 97.0 Å². The van der Waals surface area contributed by atoms with Gasteiger partial charge in [-0.3, -0.25) is 4.79 Å². The highest BCUT2D eigenvalue weighted by molar-refractivity contribution is 6.42. The smallest absolute Gasteiger partial charge is 0.377 e. The van der Waals surface area contributed by atoms with Gasteiger partial charge in [-0.1, -0.05) is 0 Å². The molecule has 0 atom stereocenters. The molecule has 0 fully saturated rings. The fourth-order valence-electron chi connectivity index (χ4n) is 1.66. The van der Waals surface area contributed by atoms with Gasteiger partial charge in [0.05, 0.1) is 12.2 Å². The number of aromatic nitrogens is 1. The van der Waals surface area contributed by atoms with Crippen LogP contribution < -0.4 is 4.74 Å². The number of Topliss-reactive ketones (excluding diaryl/α,β-unsaturated/α-hetero) is 1. The number of H-pyrrole nitrogens is 1. The van der Waals surface area contributed by atoms with E-state index in [0.29, 0.717) is 23.3 Å². The van der Waals surface area contributed by atoms with E-state index in [1.807, 2.05) is 6.92 Å². The van der Waals surface area contributed by atoms with Crippen LogP contribution in [0.1, 0.15) is 17.3 Å². The minimum Gasteiger partial charge on any atom is -0.494 e. The number of benzene rings is 1. The Morgan fingerprint density at radius 1 is 1.41 bits per heavy atom. The lowest BCUT2D eigenvalue weighted by atomic mass is 10.1. The van der Waals surface area contributed by atoms with E-state index >= 15 is 0 Å². The van der Waals surface area contributed by atoms with Gasteiger partial charge >= 0.3 is 5.97 Å². The maximum absolute atomic E-state index is 11.4. The van der Waals surface area contributed by atoms with E-state index in [9.17, 15) is 9.59 Å². The molecular formula is C12H11NO4. The van der Waals surface area contributed by atoms with Crippen LogP contribution >= 0.6 is 0 Å². The second-order valence-electron chi connectivity index (χ2n) is 3.48. The van der Waals surface area contributed by atoms with Crippen molar-refractivity contribution < 1.29 is 19.4 Å². The molecule has 2 N–H and O–H groups in total. The van der Waals surface area contributed by atoms with E-state index in [-0.39, 0.29) is 5.56 Å². The number of carbonyl (C=O) groups excluding carboxylic acids is 1. The third kappa shape index (κ3) is 1.99. The van der Waals surface area contributed by atoms with Crippen LogP contribution in [0.4, 0.5) is 0 Å². The van der Waals surface area contributed by atoms with Crippen LogP contribution in [-0.4, -0.2) is 28.4 Å². The van der Waals surface area contributed by atoms with Crippen LogP contribution in [0.5, 0.6) is 5.75 Å². The van der Waals surface area contributed by atoms with Crippen molar-refractivity contribution in [2.75, 3.05) is 6.61 Å². The summed E-state index contributed by atoms with van der Waals surface area (Å²) in [4.78, 5) is 24.9. The first kappa shape index (κ1) is 11.2. The van der Waals surface area contributed by atoms with Crippen LogP contribution in [-0.2, 0) is 4.79 Å². The van der Waals surface area contributed by atoms with E-state index in [2.05, 4.69) is 4.98 Å². The zero-order valence-electron chi connectivity index (χ0n) is 9.19. The van der Waals surface area contributed by atoms with Crippen molar-refractivity contribution in [2.45, 2.75) is 6.92 Å². The average molecular weight is 233 g/mol. The minimum absolute atomic E-state index is 0.147. The fraction of sp³-hybridized carbons (Fsp3) is 0.167. The van der Waals surface area contributed by atoms with Crippen LogP contribution in [0, 0.1) is 0 Å². The first-order valence-electron chi connectivity index (χ1n) is 5.15. The molecule has 0 spiro atoms. The highest BCUT2D eigenvalue weighted by Gasteiger charge is 2.18. The molecule has 1 heterocycles. The summed E-state index contributed by atoms with van der Waals surface area (Å²) >= 11 is 0. The van der Waals surface area contributed by atoms with Gasteiger partial charge in [-0.15, -0.1) is 0 Å². The highest BCUT2D eigenvalue weighted by atomic mass is 16.5. The van der Waals surface area contributed by atoms with E-state index < -0.39 is 11.8 Å². The Hall–Kier alpha value is -2.30. The summed E-state index contributed by atoms with van der Waals surface area (Å²) in [5, 5.41) is 9.25. The van der Waals surface area contributed by atoms with E-state index in [1.54, 1.807) is 18.2 Å². The number of ketones is 1. The summed E-state index contributed by atoms with van der Waals surface area (Å²) in [5.41, 5.74) is 0.854. The molecular weight excluding hydrogens is 222 g/mol. The molecule has 0 saturated heterocycles. The van der Waals surface area contributed by atoms with Crippen molar-refractivity contribution in [3.8, 4) is 5.75 Å². The molecule has 5 heteroatoms. The number of aromatic amines is 1. The second-order valence-corrected chi connectivity index (χ2v) is 3.48. The number of carboxylic acid groups (broad SMARTS) is 1. The maximum atomic E-state index is 11.4. The molecule has 5 nitrogen and oxygen atoms in total. The van der Waals surface area contributed by atoms with Crippen molar-refractivity contribution in [1.29, 1.82) is 0 Å². The summed E-state index contributed by atoms with van der Waals surface area (Å²) in [7, 11) is 0. The summed E-state index contributed by atoms with van der Waals surface area (Å²) < 4.78 is 5.31.